The Hall–Kier alpha value is -1.76. The Balaban J connectivity index is 2.73. The van der Waals surface area contributed by atoms with Crippen LogP contribution in [0.5, 0.6) is 5.75 Å². The fourth-order valence-corrected chi connectivity index (χ4v) is 2.52. The first kappa shape index (κ1) is 15.3. The second-order valence-electron chi connectivity index (χ2n) is 3.93. The highest BCUT2D eigenvalue weighted by atomic mass is 32.2. The maximum atomic E-state index is 11.7. The molecule has 1 aromatic rings. The van der Waals surface area contributed by atoms with Crippen LogP contribution in [-0.2, 0) is 19.6 Å². The molecule has 0 aliphatic heterocycles. The standard InChI is InChI=1S/C12H17NO5S/c1-9-8-10(4-5-11(9)17-2)13-19(15,16)7-6-12(14)18-3/h4-5,8,13H,6-7H2,1-3H3. The first-order valence-electron chi connectivity index (χ1n) is 5.60. The molecular weight excluding hydrogens is 270 g/mol. The van der Waals surface area contributed by atoms with E-state index in [4.69, 9.17) is 4.74 Å². The zero-order chi connectivity index (χ0) is 14.5. The minimum absolute atomic E-state index is 0.180. The Kier molecular flexibility index (Phi) is 5.17. The number of nitrogens with one attached hydrogen (secondary N) is 1. The number of carbonyl (C=O) groups is 1. The molecule has 0 atom stereocenters. The zero-order valence-electron chi connectivity index (χ0n) is 11.1. The van der Waals surface area contributed by atoms with E-state index < -0.39 is 16.0 Å². The smallest absolute Gasteiger partial charge is 0.306 e. The summed E-state index contributed by atoms with van der Waals surface area (Å²) in [6.45, 7) is 1.81. The maximum Gasteiger partial charge on any atom is 0.306 e. The van der Waals surface area contributed by atoms with Crippen LogP contribution < -0.4 is 9.46 Å². The molecule has 0 aromatic heterocycles. The Morgan fingerprint density at radius 1 is 1.32 bits per heavy atom. The van der Waals surface area contributed by atoms with Crippen molar-refractivity contribution in [3.05, 3.63) is 23.8 Å². The van der Waals surface area contributed by atoms with Gasteiger partial charge in [0, 0.05) is 5.69 Å². The SMILES string of the molecule is COC(=O)CCS(=O)(=O)Nc1ccc(OC)c(C)c1. The van der Waals surface area contributed by atoms with Crippen molar-refractivity contribution < 1.29 is 22.7 Å². The minimum atomic E-state index is -3.57. The summed E-state index contributed by atoms with van der Waals surface area (Å²) >= 11 is 0. The van der Waals surface area contributed by atoms with E-state index in [-0.39, 0.29) is 12.2 Å². The summed E-state index contributed by atoms with van der Waals surface area (Å²) in [5, 5.41) is 0. The van der Waals surface area contributed by atoms with Crippen LogP contribution in [0.1, 0.15) is 12.0 Å². The van der Waals surface area contributed by atoms with Crippen molar-refractivity contribution in [3.63, 3.8) is 0 Å². The summed E-state index contributed by atoms with van der Waals surface area (Å²) in [6, 6.07) is 4.93. The highest BCUT2D eigenvalue weighted by Crippen LogP contribution is 2.22. The van der Waals surface area contributed by atoms with E-state index in [1.807, 2.05) is 6.92 Å². The summed E-state index contributed by atoms with van der Waals surface area (Å²) in [5.74, 6) is -0.195. The molecule has 7 heteroatoms. The van der Waals surface area contributed by atoms with Gasteiger partial charge in [-0.25, -0.2) is 8.42 Å². The van der Waals surface area contributed by atoms with E-state index in [0.717, 1.165) is 5.56 Å². The second-order valence-corrected chi connectivity index (χ2v) is 5.77. The third-order valence-electron chi connectivity index (χ3n) is 2.47. The Morgan fingerprint density at radius 3 is 2.53 bits per heavy atom. The molecule has 0 fully saturated rings. The molecule has 0 spiro atoms. The Morgan fingerprint density at radius 2 is 2.00 bits per heavy atom. The lowest BCUT2D eigenvalue weighted by Gasteiger charge is -2.10. The summed E-state index contributed by atoms with van der Waals surface area (Å²) in [7, 11) is -0.806. The predicted octanol–water partition coefficient (Wildman–Crippen LogP) is 1.31. The molecule has 1 rings (SSSR count). The molecule has 0 aliphatic rings. The van der Waals surface area contributed by atoms with Gasteiger partial charge in [0.25, 0.3) is 0 Å². The Labute approximate surface area is 112 Å². The normalized spacial score (nSPS) is 10.9. The lowest BCUT2D eigenvalue weighted by molar-refractivity contribution is -0.140. The summed E-state index contributed by atoms with van der Waals surface area (Å²) in [6.07, 6.45) is -0.180. The van der Waals surface area contributed by atoms with E-state index in [1.54, 1.807) is 25.3 Å². The van der Waals surface area contributed by atoms with Crippen molar-refractivity contribution in [1.82, 2.24) is 0 Å². The first-order chi connectivity index (χ1) is 8.88. The highest BCUT2D eigenvalue weighted by Gasteiger charge is 2.14. The molecule has 1 N–H and O–H groups in total. The third-order valence-corrected chi connectivity index (χ3v) is 3.76. The molecule has 0 bridgehead atoms. The number of carbonyl (C=O) groups excluding carboxylic acids is 1. The molecule has 0 aliphatic carbocycles. The number of hydrogen-bond donors (Lipinski definition) is 1. The lowest BCUT2D eigenvalue weighted by atomic mass is 10.2. The number of hydrogen-bond acceptors (Lipinski definition) is 5. The average Bonchev–Trinajstić information content (AvgIpc) is 2.36. The zero-order valence-corrected chi connectivity index (χ0v) is 11.9. The lowest BCUT2D eigenvalue weighted by Crippen LogP contribution is -2.19. The van der Waals surface area contributed by atoms with Crippen LogP contribution in [0.2, 0.25) is 0 Å². The Bertz CT molecular complexity index is 553. The highest BCUT2D eigenvalue weighted by molar-refractivity contribution is 7.92. The topological polar surface area (TPSA) is 81.7 Å². The largest absolute Gasteiger partial charge is 0.496 e. The number of aryl methyl sites for hydroxylation is 1. The van der Waals surface area contributed by atoms with E-state index >= 15 is 0 Å². The van der Waals surface area contributed by atoms with Crippen molar-refractivity contribution >= 4 is 21.7 Å². The molecule has 6 nitrogen and oxygen atoms in total. The number of ether oxygens (including phenoxy) is 2. The van der Waals surface area contributed by atoms with Gasteiger partial charge in [-0.2, -0.15) is 0 Å². The van der Waals surface area contributed by atoms with Crippen LogP contribution in [0.4, 0.5) is 5.69 Å². The van der Waals surface area contributed by atoms with Gasteiger partial charge in [0.05, 0.1) is 26.4 Å². The number of benzene rings is 1. The van der Waals surface area contributed by atoms with Crippen LogP contribution >= 0.6 is 0 Å². The van der Waals surface area contributed by atoms with Crippen LogP contribution in [0.15, 0.2) is 18.2 Å². The molecule has 1 aromatic carbocycles. The number of rotatable bonds is 6. The van der Waals surface area contributed by atoms with Crippen LogP contribution in [0.3, 0.4) is 0 Å². The van der Waals surface area contributed by atoms with Gasteiger partial charge in [-0.15, -0.1) is 0 Å². The van der Waals surface area contributed by atoms with Crippen molar-refractivity contribution in [3.8, 4) is 5.75 Å². The maximum absolute atomic E-state index is 11.7. The monoisotopic (exact) mass is 287 g/mol. The fourth-order valence-electron chi connectivity index (χ4n) is 1.49. The van der Waals surface area contributed by atoms with Gasteiger partial charge in [0.1, 0.15) is 5.75 Å². The number of methoxy groups -OCH3 is 2. The van der Waals surface area contributed by atoms with Crippen LogP contribution in [0.25, 0.3) is 0 Å². The predicted molar refractivity (Wildman–Crippen MR) is 71.8 cm³/mol. The molecule has 0 saturated heterocycles. The molecular formula is C12H17NO5S. The van der Waals surface area contributed by atoms with Gasteiger partial charge in [0.15, 0.2) is 0 Å². The summed E-state index contributed by atoms with van der Waals surface area (Å²) in [5.41, 5.74) is 1.25. The van der Waals surface area contributed by atoms with E-state index in [2.05, 4.69) is 9.46 Å². The van der Waals surface area contributed by atoms with Gasteiger partial charge >= 0.3 is 5.97 Å². The van der Waals surface area contributed by atoms with Crippen molar-refractivity contribution in [1.29, 1.82) is 0 Å². The van der Waals surface area contributed by atoms with Gasteiger partial charge in [-0.05, 0) is 30.7 Å². The van der Waals surface area contributed by atoms with Gasteiger partial charge < -0.3 is 9.47 Å². The van der Waals surface area contributed by atoms with E-state index in [9.17, 15) is 13.2 Å². The first-order valence-corrected chi connectivity index (χ1v) is 7.25. The number of sulfonamides is 1. The molecule has 0 unspecified atom stereocenters. The summed E-state index contributed by atoms with van der Waals surface area (Å²) in [4.78, 5) is 10.9. The van der Waals surface area contributed by atoms with Gasteiger partial charge in [0.2, 0.25) is 10.0 Å². The van der Waals surface area contributed by atoms with Crippen molar-refractivity contribution in [2.45, 2.75) is 13.3 Å². The number of esters is 1. The average molecular weight is 287 g/mol. The number of anilines is 1. The van der Waals surface area contributed by atoms with Crippen molar-refractivity contribution in [2.24, 2.45) is 0 Å². The van der Waals surface area contributed by atoms with Gasteiger partial charge in [-0.3, -0.25) is 9.52 Å². The third kappa shape index (κ3) is 4.78. The molecule has 0 heterocycles. The molecule has 106 valence electrons. The molecule has 0 radical (unpaired) electrons. The van der Waals surface area contributed by atoms with Crippen LogP contribution in [0, 0.1) is 6.92 Å². The van der Waals surface area contributed by atoms with E-state index in [0.29, 0.717) is 11.4 Å². The van der Waals surface area contributed by atoms with Gasteiger partial charge in [-0.1, -0.05) is 0 Å². The summed E-state index contributed by atoms with van der Waals surface area (Å²) < 4.78 is 35.4. The quantitative estimate of drug-likeness (QED) is 0.798. The molecule has 0 saturated carbocycles. The molecule has 19 heavy (non-hydrogen) atoms. The second kappa shape index (κ2) is 6.42. The van der Waals surface area contributed by atoms with Crippen molar-refractivity contribution in [2.75, 3.05) is 24.7 Å². The fraction of sp³-hybridized carbons (Fsp3) is 0.417. The molecule has 0 amide bonds. The van der Waals surface area contributed by atoms with Crippen LogP contribution in [-0.4, -0.2) is 34.4 Å². The van der Waals surface area contributed by atoms with E-state index in [1.165, 1.54) is 7.11 Å². The minimum Gasteiger partial charge on any atom is -0.496 e.